The van der Waals surface area contributed by atoms with Crippen molar-refractivity contribution in [3.63, 3.8) is 0 Å². The van der Waals surface area contributed by atoms with Crippen LogP contribution in [0.15, 0.2) is 6.07 Å². The average molecular weight is 266 g/mol. The van der Waals surface area contributed by atoms with E-state index in [1.165, 1.54) is 47.4 Å². The summed E-state index contributed by atoms with van der Waals surface area (Å²) in [5, 5.41) is 3.55. The maximum Gasteiger partial charge on any atom is 0.0299 e. The van der Waals surface area contributed by atoms with Crippen LogP contribution in [0.3, 0.4) is 0 Å². The first kappa shape index (κ1) is 14.0. The summed E-state index contributed by atoms with van der Waals surface area (Å²) in [6.07, 6.45) is 7.56. The Labute approximate surface area is 115 Å². The van der Waals surface area contributed by atoms with Gasteiger partial charge in [-0.15, -0.1) is 11.3 Å². The van der Waals surface area contributed by atoms with E-state index >= 15 is 0 Å². The molecule has 2 rings (SSSR count). The van der Waals surface area contributed by atoms with Crippen molar-refractivity contribution in [2.75, 3.05) is 6.54 Å². The second-order valence-electron chi connectivity index (χ2n) is 5.80. The first-order valence-corrected chi connectivity index (χ1v) is 7.96. The molecule has 0 saturated heterocycles. The Morgan fingerprint density at radius 3 is 2.61 bits per heavy atom. The van der Waals surface area contributed by atoms with Crippen LogP contribution in [0, 0.1) is 13.8 Å². The Morgan fingerprint density at radius 2 is 2.00 bits per heavy atom. The van der Waals surface area contributed by atoms with Crippen LogP contribution in [0.25, 0.3) is 0 Å². The maximum absolute atomic E-state index is 6.43. The van der Waals surface area contributed by atoms with E-state index in [2.05, 4.69) is 25.2 Å². The molecule has 0 amide bonds. The van der Waals surface area contributed by atoms with E-state index in [0.717, 1.165) is 19.5 Å². The predicted molar refractivity (Wildman–Crippen MR) is 80.1 cm³/mol. The predicted octanol–water partition coefficient (Wildman–Crippen LogP) is 3.51. The maximum atomic E-state index is 6.43. The summed E-state index contributed by atoms with van der Waals surface area (Å²) >= 11 is 1.91. The summed E-state index contributed by atoms with van der Waals surface area (Å²) in [5.74, 6) is 0. The van der Waals surface area contributed by atoms with Gasteiger partial charge in [-0.2, -0.15) is 0 Å². The molecule has 0 spiro atoms. The van der Waals surface area contributed by atoms with Crippen molar-refractivity contribution in [1.82, 2.24) is 5.32 Å². The fourth-order valence-corrected chi connectivity index (χ4v) is 3.81. The van der Waals surface area contributed by atoms with E-state index in [-0.39, 0.29) is 5.54 Å². The molecule has 2 nitrogen and oxygen atoms in total. The summed E-state index contributed by atoms with van der Waals surface area (Å²) in [5.41, 5.74) is 7.96. The van der Waals surface area contributed by atoms with Gasteiger partial charge in [-0.05, 0) is 51.3 Å². The van der Waals surface area contributed by atoms with Gasteiger partial charge in [0, 0.05) is 21.8 Å². The molecular formula is C15H26N2S. The van der Waals surface area contributed by atoms with Crippen molar-refractivity contribution < 1.29 is 0 Å². The summed E-state index contributed by atoms with van der Waals surface area (Å²) in [6.45, 7) is 6.43. The van der Waals surface area contributed by atoms with Crippen LogP contribution in [0.4, 0.5) is 0 Å². The third-order valence-electron chi connectivity index (χ3n) is 4.17. The zero-order valence-electron chi connectivity index (χ0n) is 11.7. The summed E-state index contributed by atoms with van der Waals surface area (Å²) in [7, 11) is 0. The van der Waals surface area contributed by atoms with Crippen molar-refractivity contribution in [2.45, 2.75) is 64.5 Å². The zero-order chi connectivity index (χ0) is 13.0. The summed E-state index contributed by atoms with van der Waals surface area (Å²) in [6, 6.07) is 2.30. The van der Waals surface area contributed by atoms with Crippen LogP contribution in [0.1, 0.15) is 53.8 Å². The van der Waals surface area contributed by atoms with Gasteiger partial charge < -0.3 is 11.1 Å². The average Bonchev–Trinajstić information content (AvgIpc) is 2.66. The summed E-state index contributed by atoms with van der Waals surface area (Å²) < 4.78 is 0. The van der Waals surface area contributed by atoms with Crippen LogP contribution in [0.2, 0.25) is 0 Å². The normalized spacial score (nSPS) is 19.1. The van der Waals surface area contributed by atoms with Gasteiger partial charge in [0.2, 0.25) is 0 Å². The largest absolute Gasteiger partial charge is 0.325 e. The molecule has 0 aromatic carbocycles. The molecule has 1 aromatic heterocycles. The highest BCUT2D eigenvalue weighted by molar-refractivity contribution is 7.12. The fourth-order valence-electron chi connectivity index (χ4n) is 2.79. The van der Waals surface area contributed by atoms with Crippen LogP contribution in [-0.2, 0) is 6.54 Å². The van der Waals surface area contributed by atoms with Crippen LogP contribution in [-0.4, -0.2) is 12.1 Å². The SMILES string of the molecule is Cc1cc(CNCCC2(N)CCCCC2)sc1C. The topological polar surface area (TPSA) is 38.0 Å². The fraction of sp³-hybridized carbons (Fsp3) is 0.733. The molecule has 3 heteroatoms. The third kappa shape index (κ3) is 3.81. The number of thiophene rings is 1. The molecule has 1 aromatic rings. The lowest BCUT2D eigenvalue weighted by atomic mass is 9.80. The van der Waals surface area contributed by atoms with Gasteiger partial charge in [0.1, 0.15) is 0 Å². The van der Waals surface area contributed by atoms with Gasteiger partial charge in [-0.3, -0.25) is 0 Å². The second kappa shape index (κ2) is 6.18. The van der Waals surface area contributed by atoms with Gasteiger partial charge in [0.25, 0.3) is 0 Å². The molecule has 18 heavy (non-hydrogen) atoms. The van der Waals surface area contributed by atoms with E-state index in [1.54, 1.807) is 0 Å². The van der Waals surface area contributed by atoms with Crippen LogP contribution < -0.4 is 11.1 Å². The lowest BCUT2D eigenvalue weighted by Crippen LogP contribution is -2.43. The first-order chi connectivity index (χ1) is 8.59. The van der Waals surface area contributed by atoms with Crippen molar-refractivity contribution in [1.29, 1.82) is 0 Å². The highest BCUT2D eigenvalue weighted by atomic mass is 32.1. The van der Waals surface area contributed by atoms with E-state index in [1.807, 2.05) is 11.3 Å². The Kier molecular flexibility index (Phi) is 4.82. The molecule has 0 radical (unpaired) electrons. The molecule has 102 valence electrons. The van der Waals surface area contributed by atoms with E-state index in [0.29, 0.717) is 0 Å². The molecule has 0 bridgehead atoms. The monoisotopic (exact) mass is 266 g/mol. The van der Waals surface area contributed by atoms with E-state index in [9.17, 15) is 0 Å². The van der Waals surface area contributed by atoms with Gasteiger partial charge in [-0.1, -0.05) is 19.3 Å². The smallest absolute Gasteiger partial charge is 0.0299 e. The molecule has 1 heterocycles. The van der Waals surface area contributed by atoms with E-state index in [4.69, 9.17) is 5.73 Å². The molecular weight excluding hydrogens is 240 g/mol. The minimum atomic E-state index is 0.118. The Bertz CT molecular complexity index is 358. The minimum Gasteiger partial charge on any atom is -0.325 e. The van der Waals surface area contributed by atoms with Gasteiger partial charge in [-0.25, -0.2) is 0 Å². The number of rotatable bonds is 5. The van der Waals surface area contributed by atoms with Crippen LogP contribution >= 0.6 is 11.3 Å². The number of aryl methyl sites for hydroxylation is 2. The quantitative estimate of drug-likeness (QED) is 0.800. The Hall–Kier alpha value is -0.380. The van der Waals surface area contributed by atoms with Crippen molar-refractivity contribution in [3.05, 3.63) is 21.4 Å². The lowest BCUT2D eigenvalue weighted by molar-refractivity contribution is 0.275. The zero-order valence-corrected chi connectivity index (χ0v) is 12.5. The van der Waals surface area contributed by atoms with Crippen molar-refractivity contribution >= 4 is 11.3 Å². The summed E-state index contributed by atoms with van der Waals surface area (Å²) in [4.78, 5) is 2.88. The van der Waals surface area contributed by atoms with Gasteiger partial charge in [0.15, 0.2) is 0 Å². The number of hydrogen-bond donors (Lipinski definition) is 2. The number of nitrogens with two attached hydrogens (primary N) is 1. The molecule has 0 unspecified atom stereocenters. The first-order valence-electron chi connectivity index (χ1n) is 7.15. The highest BCUT2D eigenvalue weighted by Crippen LogP contribution is 2.28. The van der Waals surface area contributed by atoms with Crippen molar-refractivity contribution in [2.24, 2.45) is 5.73 Å². The third-order valence-corrected chi connectivity index (χ3v) is 5.32. The number of nitrogens with one attached hydrogen (secondary N) is 1. The molecule has 1 aliphatic rings. The highest BCUT2D eigenvalue weighted by Gasteiger charge is 2.26. The standard InChI is InChI=1S/C15H26N2S/c1-12-10-14(18-13(12)2)11-17-9-8-15(16)6-4-3-5-7-15/h10,17H,3-9,11,16H2,1-2H3. The van der Waals surface area contributed by atoms with Crippen molar-refractivity contribution in [3.8, 4) is 0 Å². The number of hydrogen-bond acceptors (Lipinski definition) is 3. The molecule has 3 N–H and O–H groups in total. The molecule has 1 fully saturated rings. The van der Waals surface area contributed by atoms with Gasteiger partial charge >= 0.3 is 0 Å². The van der Waals surface area contributed by atoms with Gasteiger partial charge in [0.05, 0.1) is 0 Å². The molecule has 0 aliphatic heterocycles. The second-order valence-corrected chi connectivity index (χ2v) is 7.14. The molecule has 1 aliphatic carbocycles. The minimum absolute atomic E-state index is 0.118. The molecule has 1 saturated carbocycles. The van der Waals surface area contributed by atoms with Crippen LogP contribution in [0.5, 0.6) is 0 Å². The van der Waals surface area contributed by atoms with E-state index < -0.39 is 0 Å². The lowest BCUT2D eigenvalue weighted by Gasteiger charge is -2.33. The molecule has 0 atom stereocenters. The Balaban J connectivity index is 1.69. The Morgan fingerprint density at radius 1 is 1.28 bits per heavy atom.